The standard InChI is InChI=1S/C15H29NO3S/c1-12-7-9-15(17,10-8-12)11-16(2)13-5-4-6-14(13)20(3,18)19/h12-14,17H,4-11H2,1-3H3. The summed E-state index contributed by atoms with van der Waals surface area (Å²) in [5.74, 6) is 0.704. The lowest BCUT2D eigenvalue weighted by Crippen LogP contribution is -2.50. The third kappa shape index (κ3) is 3.74. The zero-order valence-corrected chi connectivity index (χ0v) is 13.8. The van der Waals surface area contributed by atoms with E-state index >= 15 is 0 Å². The minimum Gasteiger partial charge on any atom is -0.389 e. The van der Waals surface area contributed by atoms with E-state index in [9.17, 15) is 13.5 Å². The van der Waals surface area contributed by atoms with Crippen molar-refractivity contribution < 1.29 is 13.5 Å². The van der Waals surface area contributed by atoms with Gasteiger partial charge in [-0.15, -0.1) is 0 Å². The van der Waals surface area contributed by atoms with E-state index in [0.29, 0.717) is 12.5 Å². The number of likely N-dealkylation sites (N-methyl/N-ethyl adjacent to an activating group) is 1. The molecule has 0 aromatic carbocycles. The van der Waals surface area contributed by atoms with E-state index in [4.69, 9.17) is 0 Å². The Balaban J connectivity index is 1.99. The van der Waals surface area contributed by atoms with Gasteiger partial charge in [0, 0.05) is 18.8 Å². The Kier molecular flexibility index (Phi) is 4.82. The first-order valence-corrected chi connectivity index (χ1v) is 9.78. The van der Waals surface area contributed by atoms with Gasteiger partial charge in [0.05, 0.1) is 10.9 Å². The van der Waals surface area contributed by atoms with Crippen molar-refractivity contribution in [3.05, 3.63) is 0 Å². The van der Waals surface area contributed by atoms with E-state index in [-0.39, 0.29) is 11.3 Å². The first-order chi connectivity index (χ1) is 9.21. The molecule has 1 N–H and O–H groups in total. The van der Waals surface area contributed by atoms with Gasteiger partial charge in [-0.25, -0.2) is 8.42 Å². The van der Waals surface area contributed by atoms with Crippen LogP contribution in [-0.4, -0.2) is 55.2 Å². The Morgan fingerprint density at radius 1 is 1.20 bits per heavy atom. The second-order valence-electron chi connectivity index (χ2n) is 7.19. The maximum atomic E-state index is 11.9. The zero-order chi connectivity index (χ0) is 15.0. The van der Waals surface area contributed by atoms with Gasteiger partial charge in [-0.2, -0.15) is 0 Å². The van der Waals surface area contributed by atoms with Gasteiger partial charge in [-0.1, -0.05) is 13.3 Å². The molecular formula is C15H29NO3S. The molecule has 2 aliphatic rings. The van der Waals surface area contributed by atoms with Crippen LogP contribution in [0.5, 0.6) is 0 Å². The van der Waals surface area contributed by atoms with E-state index < -0.39 is 15.4 Å². The summed E-state index contributed by atoms with van der Waals surface area (Å²) in [6.45, 7) is 2.84. The highest BCUT2D eigenvalue weighted by molar-refractivity contribution is 7.91. The van der Waals surface area contributed by atoms with Crippen LogP contribution in [0, 0.1) is 5.92 Å². The Morgan fingerprint density at radius 3 is 2.35 bits per heavy atom. The van der Waals surface area contributed by atoms with Crippen LogP contribution in [0.4, 0.5) is 0 Å². The molecule has 0 amide bonds. The van der Waals surface area contributed by atoms with Crippen LogP contribution in [0.3, 0.4) is 0 Å². The molecule has 0 bridgehead atoms. The van der Waals surface area contributed by atoms with Crippen LogP contribution in [0.25, 0.3) is 0 Å². The van der Waals surface area contributed by atoms with Crippen LogP contribution in [-0.2, 0) is 9.84 Å². The lowest BCUT2D eigenvalue weighted by molar-refractivity contribution is -0.0370. The Labute approximate surface area is 123 Å². The van der Waals surface area contributed by atoms with Crippen LogP contribution < -0.4 is 0 Å². The second-order valence-corrected chi connectivity index (χ2v) is 9.45. The fraction of sp³-hybridized carbons (Fsp3) is 1.00. The zero-order valence-electron chi connectivity index (χ0n) is 13.0. The normalized spacial score (nSPS) is 39.4. The van der Waals surface area contributed by atoms with Crippen molar-refractivity contribution in [2.75, 3.05) is 19.8 Å². The third-order valence-electron chi connectivity index (χ3n) is 5.28. The van der Waals surface area contributed by atoms with Gasteiger partial charge < -0.3 is 5.11 Å². The summed E-state index contributed by atoms with van der Waals surface area (Å²) in [6, 6.07) is 0.0772. The molecule has 0 spiro atoms. The van der Waals surface area contributed by atoms with Crippen molar-refractivity contribution in [3.8, 4) is 0 Å². The second kappa shape index (κ2) is 5.93. The summed E-state index contributed by atoms with van der Waals surface area (Å²) in [5, 5.41) is 10.5. The Morgan fingerprint density at radius 2 is 1.80 bits per heavy atom. The number of sulfone groups is 1. The van der Waals surface area contributed by atoms with E-state index in [2.05, 4.69) is 11.8 Å². The van der Waals surface area contributed by atoms with Gasteiger partial charge in [-0.3, -0.25) is 4.90 Å². The van der Waals surface area contributed by atoms with E-state index in [1.165, 1.54) is 6.26 Å². The molecule has 118 valence electrons. The van der Waals surface area contributed by atoms with E-state index in [1.54, 1.807) is 0 Å². The number of rotatable bonds is 4. The molecule has 2 saturated carbocycles. The summed E-state index contributed by atoms with van der Waals surface area (Å²) in [5.41, 5.74) is -0.619. The van der Waals surface area contributed by atoms with Crippen LogP contribution in [0.15, 0.2) is 0 Å². The molecule has 2 atom stereocenters. The van der Waals surface area contributed by atoms with Crippen molar-refractivity contribution in [1.29, 1.82) is 0 Å². The SMILES string of the molecule is CC1CCC(O)(CN(C)C2CCCC2S(C)(=O)=O)CC1. The van der Waals surface area contributed by atoms with Crippen molar-refractivity contribution in [2.24, 2.45) is 5.92 Å². The molecule has 0 heterocycles. The topological polar surface area (TPSA) is 57.6 Å². The van der Waals surface area contributed by atoms with Crippen molar-refractivity contribution in [2.45, 2.75) is 68.8 Å². The van der Waals surface area contributed by atoms with E-state index in [0.717, 1.165) is 44.9 Å². The summed E-state index contributed by atoms with van der Waals surface area (Å²) in [7, 11) is -1.01. The fourth-order valence-corrected chi connectivity index (χ4v) is 5.46. The first-order valence-electron chi connectivity index (χ1n) is 7.83. The van der Waals surface area contributed by atoms with Crippen LogP contribution in [0.2, 0.25) is 0 Å². The first kappa shape index (κ1) is 16.2. The lowest BCUT2D eigenvalue weighted by atomic mass is 9.79. The van der Waals surface area contributed by atoms with Gasteiger partial charge in [0.15, 0.2) is 9.84 Å². The molecule has 2 aliphatic carbocycles. The molecule has 0 aliphatic heterocycles. The molecule has 0 aromatic rings. The molecule has 5 heteroatoms. The molecule has 0 radical (unpaired) electrons. The monoisotopic (exact) mass is 303 g/mol. The molecule has 2 fully saturated rings. The highest BCUT2D eigenvalue weighted by Gasteiger charge is 2.40. The molecule has 0 aromatic heterocycles. The highest BCUT2D eigenvalue weighted by atomic mass is 32.2. The lowest BCUT2D eigenvalue weighted by Gasteiger charge is -2.40. The largest absolute Gasteiger partial charge is 0.389 e. The van der Waals surface area contributed by atoms with Crippen LogP contribution in [0.1, 0.15) is 51.9 Å². The Bertz CT molecular complexity index is 426. The molecule has 0 saturated heterocycles. The highest BCUT2D eigenvalue weighted by Crippen LogP contribution is 2.35. The maximum absolute atomic E-state index is 11.9. The average molecular weight is 303 g/mol. The predicted octanol–water partition coefficient (Wildman–Crippen LogP) is 1.83. The van der Waals surface area contributed by atoms with Crippen LogP contribution >= 0.6 is 0 Å². The molecule has 4 nitrogen and oxygen atoms in total. The minimum absolute atomic E-state index is 0.0772. The predicted molar refractivity (Wildman–Crippen MR) is 81.5 cm³/mol. The summed E-state index contributed by atoms with van der Waals surface area (Å²) < 4.78 is 23.7. The number of hydrogen-bond donors (Lipinski definition) is 1. The van der Waals surface area contributed by atoms with Crippen molar-refractivity contribution in [1.82, 2.24) is 4.90 Å². The summed E-state index contributed by atoms with van der Waals surface area (Å²) >= 11 is 0. The number of hydrogen-bond acceptors (Lipinski definition) is 4. The van der Waals surface area contributed by atoms with Gasteiger partial charge in [0.1, 0.15) is 0 Å². The molecular weight excluding hydrogens is 274 g/mol. The van der Waals surface area contributed by atoms with Gasteiger partial charge >= 0.3 is 0 Å². The maximum Gasteiger partial charge on any atom is 0.151 e. The number of nitrogens with zero attached hydrogens (tertiary/aromatic N) is 1. The number of aliphatic hydroxyl groups is 1. The third-order valence-corrected chi connectivity index (χ3v) is 6.93. The quantitative estimate of drug-likeness (QED) is 0.861. The van der Waals surface area contributed by atoms with Gasteiger partial charge in [0.25, 0.3) is 0 Å². The molecule has 20 heavy (non-hydrogen) atoms. The van der Waals surface area contributed by atoms with Crippen molar-refractivity contribution >= 4 is 9.84 Å². The smallest absolute Gasteiger partial charge is 0.151 e. The van der Waals surface area contributed by atoms with E-state index in [1.807, 2.05) is 7.05 Å². The Hall–Kier alpha value is -0.130. The fourth-order valence-electron chi connectivity index (χ4n) is 3.95. The molecule has 2 rings (SSSR count). The van der Waals surface area contributed by atoms with Gasteiger partial charge in [-0.05, 0) is 51.5 Å². The average Bonchev–Trinajstić information content (AvgIpc) is 2.82. The summed E-state index contributed by atoms with van der Waals surface area (Å²) in [4.78, 5) is 2.11. The summed E-state index contributed by atoms with van der Waals surface area (Å²) in [6.07, 6.45) is 7.85. The molecule has 2 unspecified atom stereocenters. The minimum atomic E-state index is -2.99. The van der Waals surface area contributed by atoms with Gasteiger partial charge in [0.2, 0.25) is 0 Å². The van der Waals surface area contributed by atoms with Crippen molar-refractivity contribution in [3.63, 3.8) is 0 Å².